The summed E-state index contributed by atoms with van der Waals surface area (Å²) >= 11 is 0. The Kier molecular flexibility index (Phi) is 5.80. The molecule has 4 nitrogen and oxygen atoms in total. The lowest BCUT2D eigenvalue weighted by atomic mass is 10.1. The van der Waals surface area contributed by atoms with Gasteiger partial charge in [-0.15, -0.1) is 0 Å². The van der Waals surface area contributed by atoms with E-state index in [0.29, 0.717) is 35.6 Å². The number of anilines is 1. The molecule has 0 saturated heterocycles. The van der Waals surface area contributed by atoms with Gasteiger partial charge in [-0.1, -0.05) is 12.1 Å². The summed E-state index contributed by atoms with van der Waals surface area (Å²) < 4.78 is 18.7. The quantitative estimate of drug-likeness (QED) is 0.668. The number of carbonyl (C=O) groups excluding carboxylic acids is 1. The standard InChI is InChI=1S/C22H17FN2O2/c23-18-7-11-20(12-8-18)27-21-3-1-2-16(14-21)6-13-22(26)25-19-9-4-17(15-24)5-10-19/h1-5,7-12,14H,6,13H2,(H,25,26). The highest BCUT2D eigenvalue weighted by atomic mass is 19.1. The zero-order valence-electron chi connectivity index (χ0n) is 14.5. The zero-order valence-corrected chi connectivity index (χ0v) is 14.5. The Morgan fingerprint density at radius 1 is 1.00 bits per heavy atom. The van der Waals surface area contributed by atoms with Crippen molar-refractivity contribution in [3.8, 4) is 17.6 Å². The summed E-state index contributed by atoms with van der Waals surface area (Å²) in [6, 6.07) is 22.0. The first-order valence-corrected chi connectivity index (χ1v) is 8.45. The fourth-order valence-electron chi connectivity index (χ4n) is 2.51. The second kappa shape index (κ2) is 8.63. The van der Waals surface area contributed by atoms with Gasteiger partial charge in [0.2, 0.25) is 5.91 Å². The van der Waals surface area contributed by atoms with Gasteiger partial charge in [-0.3, -0.25) is 4.79 Å². The van der Waals surface area contributed by atoms with Gasteiger partial charge in [0, 0.05) is 12.1 Å². The summed E-state index contributed by atoms with van der Waals surface area (Å²) in [5.74, 6) is 0.757. The Hall–Kier alpha value is -3.65. The molecule has 1 N–H and O–H groups in total. The topological polar surface area (TPSA) is 62.1 Å². The number of hydrogen-bond donors (Lipinski definition) is 1. The Morgan fingerprint density at radius 3 is 2.44 bits per heavy atom. The van der Waals surface area contributed by atoms with Crippen molar-refractivity contribution < 1.29 is 13.9 Å². The summed E-state index contributed by atoms with van der Waals surface area (Å²) in [4.78, 5) is 12.1. The molecule has 3 aromatic carbocycles. The van der Waals surface area contributed by atoms with Crippen molar-refractivity contribution in [3.63, 3.8) is 0 Å². The van der Waals surface area contributed by atoms with Crippen molar-refractivity contribution in [3.05, 3.63) is 89.7 Å². The number of carbonyl (C=O) groups is 1. The van der Waals surface area contributed by atoms with Crippen LogP contribution in [0.25, 0.3) is 0 Å². The number of nitrogens with one attached hydrogen (secondary N) is 1. The molecule has 0 heterocycles. The Balaban J connectivity index is 1.55. The van der Waals surface area contributed by atoms with Crippen LogP contribution in [-0.4, -0.2) is 5.91 Å². The van der Waals surface area contributed by atoms with Gasteiger partial charge >= 0.3 is 0 Å². The van der Waals surface area contributed by atoms with E-state index in [4.69, 9.17) is 10.00 Å². The van der Waals surface area contributed by atoms with Crippen molar-refractivity contribution in [2.75, 3.05) is 5.32 Å². The number of halogens is 1. The van der Waals surface area contributed by atoms with E-state index in [1.165, 1.54) is 12.1 Å². The van der Waals surface area contributed by atoms with Crippen LogP contribution in [0, 0.1) is 17.1 Å². The van der Waals surface area contributed by atoms with Gasteiger partial charge in [-0.05, 0) is 72.6 Å². The highest BCUT2D eigenvalue weighted by molar-refractivity contribution is 5.90. The molecule has 0 unspecified atom stereocenters. The fourth-order valence-corrected chi connectivity index (χ4v) is 2.51. The second-order valence-electron chi connectivity index (χ2n) is 5.94. The van der Waals surface area contributed by atoms with Crippen molar-refractivity contribution in [2.24, 2.45) is 0 Å². The van der Waals surface area contributed by atoms with E-state index in [0.717, 1.165) is 5.56 Å². The summed E-state index contributed by atoms with van der Waals surface area (Å²) in [7, 11) is 0. The lowest BCUT2D eigenvalue weighted by Crippen LogP contribution is -2.12. The van der Waals surface area contributed by atoms with Gasteiger partial charge in [0.05, 0.1) is 11.6 Å². The number of aryl methyl sites for hydroxylation is 1. The van der Waals surface area contributed by atoms with E-state index in [-0.39, 0.29) is 11.7 Å². The highest BCUT2D eigenvalue weighted by Gasteiger charge is 2.05. The van der Waals surface area contributed by atoms with Gasteiger partial charge < -0.3 is 10.1 Å². The minimum absolute atomic E-state index is 0.107. The summed E-state index contributed by atoms with van der Waals surface area (Å²) in [6.07, 6.45) is 0.878. The van der Waals surface area contributed by atoms with Gasteiger partial charge in [-0.2, -0.15) is 5.26 Å². The summed E-state index contributed by atoms with van der Waals surface area (Å²) in [5, 5.41) is 11.6. The van der Waals surface area contributed by atoms with Crippen LogP contribution < -0.4 is 10.1 Å². The van der Waals surface area contributed by atoms with Crippen LogP contribution in [0.2, 0.25) is 0 Å². The molecule has 3 aromatic rings. The highest BCUT2D eigenvalue weighted by Crippen LogP contribution is 2.23. The average Bonchev–Trinajstić information content (AvgIpc) is 2.69. The molecule has 0 saturated carbocycles. The molecule has 0 aliphatic rings. The molecule has 0 bridgehead atoms. The van der Waals surface area contributed by atoms with Crippen LogP contribution in [0.5, 0.6) is 11.5 Å². The lowest BCUT2D eigenvalue weighted by molar-refractivity contribution is -0.116. The van der Waals surface area contributed by atoms with Gasteiger partial charge in [-0.25, -0.2) is 4.39 Å². The number of hydrogen-bond acceptors (Lipinski definition) is 3. The first-order chi connectivity index (χ1) is 13.1. The molecule has 134 valence electrons. The van der Waals surface area contributed by atoms with Gasteiger partial charge in [0.25, 0.3) is 0 Å². The van der Waals surface area contributed by atoms with Crippen LogP contribution >= 0.6 is 0 Å². The third-order valence-electron chi connectivity index (χ3n) is 3.89. The molecule has 1 amide bonds. The average molecular weight is 360 g/mol. The van der Waals surface area contributed by atoms with E-state index in [1.54, 1.807) is 36.4 Å². The monoisotopic (exact) mass is 360 g/mol. The molecule has 0 aromatic heterocycles. The molecular weight excluding hydrogens is 343 g/mol. The van der Waals surface area contributed by atoms with E-state index in [9.17, 15) is 9.18 Å². The van der Waals surface area contributed by atoms with Crippen molar-refractivity contribution >= 4 is 11.6 Å². The van der Waals surface area contributed by atoms with Crippen molar-refractivity contribution in [2.45, 2.75) is 12.8 Å². The molecular formula is C22H17FN2O2. The lowest BCUT2D eigenvalue weighted by Gasteiger charge is -2.08. The normalized spacial score (nSPS) is 10.1. The summed E-state index contributed by atoms with van der Waals surface area (Å²) in [6.45, 7) is 0. The molecule has 0 radical (unpaired) electrons. The summed E-state index contributed by atoms with van der Waals surface area (Å²) in [5.41, 5.74) is 2.17. The minimum Gasteiger partial charge on any atom is -0.457 e. The van der Waals surface area contributed by atoms with Crippen molar-refractivity contribution in [1.82, 2.24) is 0 Å². The van der Waals surface area contributed by atoms with Crippen LogP contribution in [-0.2, 0) is 11.2 Å². The number of amides is 1. The Labute approximate surface area is 156 Å². The maximum absolute atomic E-state index is 13.0. The minimum atomic E-state index is -0.315. The fraction of sp³-hybridized carbons (Fsp3) is 0.0909. The van der Waals surface area contributed by atoms with Gasteiger partial charge in [0.1, 0.15) is 17.3 Å². The molecule has 0 spiro atoms. The molecule has 27 heavy (non-hydrogen) atoms. The van der Waals surface area contributed by atoms with E-state index in [2.05, 4.69) is 5.32 Å². The number of ether oxygens (including phenoxy) is 1. The number of nitrogens with zero attached hydrogens (tertiary/aromatic N) is 1. The predicted molar refractivity (Wildman–Crippen MR) is 101 cm³/mol. The van der Waals surface area contributed by atoms with Crippen LogP contribution in [0.1, 0.15) is 17.5 Å². The van der Waals surface area contributed by atoms with Gasteiger partial charge in [0.15, 0.2) is 0 Å². The third-order valence-corrected chi connectivity index (χ3v) is 3.89. The third kappa shape index (κ3) is 5.41. The van der Waals surface area contributed by atoms with Crippen LogP contribution in [0.15, 0.2) is 72.8 Å². The predicted octanol–water partition coefficient (Wildman–Crippen LogP) is 5.06. The molecule has 0 atom stereocenters. The molecule has 0 aliphatic heterocycles. The number of rotatable bonds is 6. The smallest absolute Gasteiger partial charge is 0.224 e. The number of benzene rings is 3. The zero-order chi connectivity index (χ0) is 19.1. The van der Waals surface area contributed by atoms with E-state index in [1.807, 2.05) is 30.3 Å². The first-order valence-electron chi connectivity index (χ1n) is 8.45. The van der Waals surface area contributed by atoms with Crippen molar-refractivity contribution in [1.29, 1.82) is 5.26 Å². The first kappa shape index (κ1) is 18.2. The largest absolute Gasteiger partial charge is 0.457 e. The Morgan fingerprint density at radius 2 is 1.74 bits per heavy atom. The Bertz CT molecular complexity index is 961. The molecule has 5 heteroatoms. The maximum Gasteiger partial charge on any atom is 0.224 e. The van der Waals surface area contributed by atoms with Crippen LogP contribution in [0.4, 0.5) is 10.1 Å². The molecule has 0 fully saturated rings. The second-order valence-corrected chi connectivity index (χ2v) is 5.94. The molecule has 3 rings (SSSR count). The van der Waals surface area contributed by atoms with Crippen LogP contribution in [0.3, 0.4) is 0 Å². The van der Waals surface area contributed by atoms with E-state index < -0.39 is 0 Å². The van der Waals surface area contributed by atoms with E-state index >= 15 is 0 Å². The molecule has 0 aliphatic carbocycles. The SMILES string of the molecule is N#Cc1ccc(NC(=O)CCc2cccc(Oc3ccc(F)cc3)c2)cc1. The maximum atomic E-state index is 13.0. The number of nitriles is 1.